The number of benzene rings is 2. The molecule has 1 heterocycles. The lowest BCUT2D eigenvalue weighted by Gasteiger charge is -2.18. The van der Waals surface area contributed by atoms with E-state index in [0.717, 1.165) is 5.56 Å². The maximum absolute atomic E-state index is 12.9. The molecular formula is C22H21N3O3S. The van der Waals surface area contributed by atoms with Crippen molar-refractivity contribution in [1.82, 2.24) is 10.6 Å². The highest BCUT2D eigenvalue weighted by Crippen LogP contribution is 2.13. The molecule has 3 amide bonds. The van der Waals surface area contributed by atoms with Gasteiger partial charge < -0.3 is 16.0 Å². The molecule has 0 fully saturated rings. The predicted molar refractivity (Wildman–Crippen MR) is 114 cm³/mol. The van der Waals surface area contributed by atoms with E-state index in [1.54, 1.807) is 43.4 Å². The average molecular weight is 407 g/mol. The number of thiophene rings is 1. The molecule has 148 valence electrons. The smallest absolute Gasteiger partial charge is 0.262 e. The van der Waals surface area contributed by atoms with Gasteiger partial charge in [0.25, 0.3) is 11.8 Å². The lowest BCUT2D eigenvalue weighted by Crippen LogP contribution is -2.45. The number of amides is 3. The number of hydrogen-bond donors (Lipinski definition) is 3. The molecule has 0 spiro atoms. The van der Waals surface area contributed by atoms with Gasteiger partial charge in [-0.2, -0.15) is 0 Å². The zero-order chi connectivity index (χ0) is 20.6. The van der Waals surface area contributed by atoms with Crippen LogP contribution in [0.2, 0.25) is 0 Å². The van der Waals surface area contributed by atoms with Crippen LogP contribution in [0.25, 0.3) is 0 Å². The Balaban J connectivity index is 1.74. The van der Waals surface area contributed by atoms with Crippen LogP contribution in [0.5, 0.6) is 0 Å². The second kappa shape index (κ2) is 9.66. The van der Waals surface area contributed by atoms with Crippen molar-refractivity contribution >= 4 is 34.7 Å². The van der Waals surface area contributed by atoms with Gasteiger partial charge in [0.05, 0.1) is 4.88 Å². The molecule has 0 aliphatic heterocycles. The highest BCUT2D eigenvalue weighted by molar-refractivity contribution is 7.12. The van der Waals surface area contributed by atoms with Crippen LogP contribution in [0.3, 0.4) is 0 Å². The zero-order valence-corrected chi connectivity index (χ0v) is 16.7. The van der Waals surface area contributed by atoms with Gasteiger partial charge in [-0.1, -0.05) is 36.4 Å². The van der Waals surface area contributed by atoms with E-state index in [1.165, 1.54) is 11.3 Å². The number of anilines is 1. The number of nitrogens with one attached hydrogen (secondary N) is 3. The summed E-state index contributed by atoms with van der Waals surface area (Å²) in [5.41, 5.74) is 1.98. The summed E-state index contributed by atoms with van der Waals surface area (Å²) >= 11 is 1.32. The van der Waals surface area contributed by atoms with E-state index in [4.69, 9.17) is 0 Å². The van der Waals surface area contributed by atoms with E-state index in [-0.39, 0.29) is 17.7 Å². The molecule has 1 unspecified atom stereocenters. The Morgan fingerprint density at radius 2 is 1.62 bits per heavy atom. The van der Waals surface area contributed by atoms with Gasteiger partial charge in [-0.25, -0.2) is 0 Å². The van der Waals surface area contributed by atoms with Gasteiger partial charge in [-0.15, -0.1) is 11.3 Å². The molecule has 7 heteroatoms. The predicted octanol–water partition coefficient (Wildman–Crippen LogP) is 3.09. The first kappa shape index (κ1) is 20.3. The molecule has 0 aliphatic rings. The molecule has 6 nitrogen and oxygen atoms in total. The normalized spacial score (nSPS) is 11.3. The van der Waals surface area contributed by atoms with Crippen LogP contribution in [-0.2, 0) is 11.2 Å². The first-order valence-electron chi connectivity index (χ1n) is 9.08. The second-order valence-electron chi connectivity index (χ2n) is 6.34. The summed E-state index contributed by atoms with van der Waals surface area (Å²) in [5.74, 6) is -0.814. The number of carbonyl (C=O) groups is 3. The molecule has 0 saturated carbocycles. The Kier molecular flexibility index (Phi) is 6.76. The molecule has 0 aliphatic carbocycles. The van der Waals surface area contributed by atoms with Crippen molar-refractivity contribution < 1.29 is 14.4 Å². The van der Waals surface area contributed by atoms with Crippen molar-refractivity contribution in [1.29, 1.82) is 0 Å². The highest BCUT2D eigenvalue weighted by Gasteiger charge is 2.22. The monoisotopic (exact) mass is 407 g/mol. The summed E-state index contributed by atoms with van der Waals surface area (Å²) < 4.78 is 0. The van der Waals surface area contributed by atoms with Gasteiger partial charge in [0.15, 0.2) is 0 Å². The van der Waals surface area contributed by atoms with Gasteiger partial charge in [0.2, 0.25) is 5.91 Å². The van der Waals surface area contributed by atoms with Crippen LogP contribution >= 0.6 is 11.3 Å². The Labute approximate surface area is 173 Å². The summed E-state index contributed by atoms with van der Waals surface area (Å²) in [6.45, 7) is 0. The van der Waals surface area contributed by atoms with Crippen molar-refractivity contribution in [3.05, 3.63) is 88.1 Å². The largest absolute Gasteiger partial charge is 0.355 e. The van der Waals surface area contributed by atoms with E-state index in [0.29, 0.717) is 22.5 Å². The van der Waals surface area contributed by atoms with Gasteiger partial charge in [0, 0.05) is 24.7 Å². The van der Waals surface area contributed by atoms with Gasteiger partial charge in [0.1, 0.15) is 6.04 Å². The van der Waals surface area contributed by atoms with Crippen LogP contribution in [-0.4, -0.2) is 30.8 Å². The molecule has 3 aromatic rings. The first-order chi connectivity index (χ1) is 14.1. The quantitative estimate of drug-likeness (QED) is 0.562. The summed E-state index contributed by atoms with van der Waals surface area (Å²) in [4.78, 5) is 37.6. The fraction of sp³-hybridized carbons (Fsp3) is 0.136. The first-order valence-corrected chi connectivity index (χ1v) is 9.96. The third-order valence-corrected chi connectivity index (χ3v) is 5.16. The maximum atomic E-state index is 12.9. The Bertz CT molecular complexity index is 970. The van der Waals surface area contributed by atoms with E-state index in [1.807, 2.05) is 35.7 Å². The molecule has 0 saturated heterocycles. The number of carbonyl (C=O) groups excluding carboxylic acids is 3. The van der Waals surface area contributed by atoms with E-state index < -0.39 is 6.04 Å². The summed E-state index contributed by atoms with van der Waals surface area (Å²) in [5, 5.41) is 10.0. The lowest BCUT2D eigenvalue weighted by molar-refractivity contribution is -0.118. The Morgan fingerprint density at radius 3 is 2.24 bits per heavy atom. The molecule has 0 bridgehead atoms. The fourth-order valence-corrected chi connectivity index (χ4v) is 3.40. The van der Waals surface area contributed by atoms with E-state index in [9.17, 15) is 14.4 Å². The Morgan fingerprint density at radius 1 is 0.897 bits per heavy atom. The summed E-state index contributed by atoms with van der Waals surface area (Å²) in [6, 6.07) is 18.8. The van der Waals surface area contributed by atoms with Crippen LogP contribution < -0.4 is 16.0 Å². The van der Waals surface area contributed by atoms with Crippen LogP contribution in [0.15, 0.2) is 72.1 Å². The average Bonchev–Trinajstić information content (AvgIpc) is 3.29. The van der Waals surface area contributed by atoms with E-state index >= 15 is 0 Å². The standard InChI is InChI=1S/C22H21N3O3S/c1-23-20(26)16-9-11-17(12-10-16)24-21(27)18(14-15-6-3-2-4-7-15)25-22(28)19-8-5-13-29-19/h2-13,18H,14H2,1H3,(H,23,26)(H,24,27)(H,25,28). The third-order valence-electron chi connectivity index (χ3n) is 4.29. The van der Waals surface area contributed by atoms with Crippen LogP contribution in [0.4, 0.5) is 5.69 Å². The number of hydrogen-bond acceptors (Lipinski definition) is 4. The van der Waals surface area contributed by atoms with Crippen LogP contribution in [0, 0.1) is 0 Å². The molecule has 1 aromatic heterocycles. The third kappa shape index (κ3) is 5.52. The van der Waals surface area contributed by atoms with Crippen molar-refractivity contribution in [2.75, 3.05) is 12.4 Å². The molecule has 2 aromatic carbocycles. The number of rotatable bonds is 7. The molecule has 3 rings (SSSR count). The van der Waals surface area contributed by atoms with Gasteiger partial charge >= 0.3 is 0 Å². The van der Waals surface area contributed by atoms with Gasteiger partial charge in [-0.05, 0) is 41.3 Å². The van der Waals surface area contributed by atoms with Crippen molar-refractivity contribution in [2.45, 2.75) is 12.5 Å². The lowest BCUT2D eigenvalue weighted by atomic mass is 10.0. The summed E-state index contributed by atoms with van der Waals surface area (Å²) in [7, 11) is 1.56. The highest BCUT2D eigenvalue weighted by atomic mass is 32.1. The SMILES string of the molecule is CNC(=O)c1ccc(NC(=O)C(Cc2ccccc2)NC(=O)c2cccs2)cc1. The van der Waals surface area contributed by atoms with E-state index in [2.05, 4.69) is 16.0 Å². The van der Waals surface area contributed by atoms with Crippen molar-refractivity contribution in [3.8, 4) is 0 Å². The van der Waals surface area contributed by atoms with Gasteiger partial charge in [-0.3, -0.25) is 14.4 Å². The van der Waals surface area contributed by atoms with Crippen molar-refractivity contribution in [2.24, 2.45) is 0 Å². The summed E-state index contributed by atoms with van der Waals surface area (Å²) in [6.07, 6.45) is 0.361. The molecular weight excluding hydrogens is 386 g/mol. The fourth-order valence-electron chi connectivity index (χ4n) is 2.77. The minimum atomic E-state index is -0.745. The molecule has 1 atom stereocenters. The topological polar surface area (TPSA) is 87.3 Å². The van der Waals surface area contributed by atoms with Crippen molar-refractivity contribution in [3.63, 3.8) is 0 Å². The minimum Gasteiger partial charge on any atom is -0.355 e. The zero-order valence-electron chi connectivity index (χ0n) is 15.8. The minimum absolute atomic E-state index is 0.201. The Hall–Kier alpha value is -3.45. The van der Waals surface area contributed by atoms with Crippen LogP contribution in [0.1, 0.15) is 25.6 Å². The molecule has 0 radical (unpaired) electrons. The molecule has 3 N–H and O–H groups in total. The maximum Gasteiger partial charge on any atom is 0.262 e. The second-order valence-corrected chi connectivity index (χ2v) is 7.29. The molecule has 29 heavy (non-hydrogen) atoms.